The number of sulfonamides is 1. The SMILES string of the molecule is CC(C)[C@H](c1cccnc1)N(C)S(=O)(=O)c1cn(C(C)C)cn1. The third-order valence-corrected chi connectivity index (χ3v) is 5.59. The highest BCUT2D eigenvalue weighted by atomic mass is 32.2. The van der Waals surface area contributed by atoms with E-state index in [9.17, 15) is 8.42 Å². The lowest BCUT2D eigenvalue weighted by molar-refractivity contribution is 0.299. The molecule has 0 aromatic carbocycles. The lowest BCUT2D eigenvalue weighted by Crippen LogP contribution is -2.34. The maximum Gasteiger partial charge on any atom is 0.262 e. The average Bonchev–Trinajstić information content (AvgIpc) is 2.99. The number of nitrogens with zero attached hydrogens (tertiary/aromatic N) is 4. The van der Waals surface area contributed by atoms with Crippen LogP contribution >= 0.6 is 0 Å². The van der Waals surface area contributed by atoms with E-state index in [0.717, 1.165) is 5.56 Å². The molecule has 0 aliphatic carbocycles. The molecular formula is C16H24N4O2S. The normalized spacial score (nSPS) is 13.9. The van der Waals surface area contributed by atoms with E-state index < -0.39 is 10.0 Å². The summed E-state index contributed by atoms with van der Waals surface area (Å²) in [5, 5.41) is 0.0724. The van der Waals surface area contributed by atoms with Gasteiger partial charge in [-0.2, -0.15) is 4.31 Å². The maximum absolute atomic E-state index is 12.9. The highest BCUT2D eigenvalue weighted by Crippen LogP contribution is 2.31. The fourth-order valence-corrected chi connectivity index (χ4v) is 3.99. The lowest BCUT2D eigenvalue weighted by atomic mass is 9.98. The minimum absolute atomic E-state index is 0.0724. The van der Waals surface area contributed by atoms with Gasteiger partial charge < -0.3 is 4.57 Å². The van der Waals surface area contributed by atoms with Crippen LogP contribution in [-0.2, 0) is 10.0 Å². The van der Waals surface area contributed by atoms with Crippen molar-refractivity contribution in [3.63, 3.8) is 0 Å². The molecule has 0 spiro atoms. The second kappa shape index (κ2) is 6.80. The Morgan fingerprint density at radius 2 is 1.91 bits per heavy atom. The minimum Gasteiger partial charge on any atom is -0.334 e. The Hall–Kier alpha value is -1.73. The van der Waals surface area contributed by atoms with Crippen LogP contribution in [0.5, 0.6) is 0 Å². The Morgan fingerprint density at radius 3 is 2.39 bits per heavy atom. The predicted octanol–water partition coefficient (Wildman–Crippen LogP) is 2.88. The van der Waals surface area contributed by atoms with Gasteiger partial charge >= 0.3 is 0 Å². The average molecular weight is 336 g/mol. The molecular weight excluding hydrogens is 312 g/mol. The quantitative estimate of drug-likeness (QED) is 0.813. The van der Waals surface area contributed by atoms with Gasteiger partial charge in [0.2, 0.25) is 0 Å². The van der Waals surface area contributed by atoms with Crippen molar-refractivity contribution in [3.8, 4) is 0 Å². The molecule has 2 aromatic rings. The molecule has 2 aromatic heterocycles. The molecule has 0 N–H and O–H groups in total. The summed E-state index contributed by atoms with van der Waals surface area (Å²) in [5.41, 5.74) is 0.872. The van der Waals surface area contributed by atoms with Crippen molar-refractivity contribution in [1.82, 2.24) is 18.8 Å². The fraction of sp³-hybridized carbons (Fsp3) is 0.500. The molecule has 6 nitrogen and oxygen atoms in total. The molecule has 126 valence electrons. The van der Waals surface area contributed by atoms with Crippen LogP contribution < -0.4 is 0 Å². The van der Waals surface area contributed by atoms with Crippen molar-refractivity contribution in [2.75, 3.05) is 7.05 Å². The first-order valence-electron chi connectivity index (χ1n) is 7.66. The van der Waals surface area contributed by atoms with Crippen molar-refractivity contribution in [2.45, 2.75) is 44.8 Å². The van der Waals surface area contributed by atoms with E-state index in [0.29, 0.717) is 0 Å². The smallest absolute Gasteiger partial charge is 0.262 e. The monoisotopic (exact) mass is 336 g/mol. The Bertz CT molecular complexity index is 738. The van der Waals surface area contributed by atoms with Crippen LogP contribution in [0.25, 0.3) is 0 Å². The number of hydrogen-bond donors (Lipinski definition) is 0. The van der Waals surface area contributed by atoms with Crippen LogP contribution in [0.3, 0.4) is 0 Å². The molecule has 0 saturated carbocycles. The van der Waals surface area contributed by atoms with E-state index in [-0.39, 0.29) is 23.0 Å². The van der Waals surface area contributed by atoms with Gasteiger partial charge in [0.05, 0.1) is 12.4 Å². The van der Waals surface area contributed by atoms with Crippen LogP contribution in [0.2, 0.25) is 0 Å². The summed E-state index contributed by atoms with van der Waals surface area (Å²) in [6, 6.07) is 3.59. The van der Waals surface area contributed by atoms with Crippen molar-refractivity contribution < 1.29 is 8.42 Å². The van der Waals surface area contributed by atoms with E-state index in [1.807, 2.05) is 39.8 Å². The molecule has 0 amide bonds. The zero-order chi connectivity index (χ0) is 17.2. The van der Waals surface area contributed by atoms with Gasteiger partial charge in [0.15, 0.2) is 5.03 Å². The van der Waals surface area contributed by atoms with Gasteiger partial charge in [-0.3, -0.25) is 4.98 Å². The first-order valence-corrected chi connectivity index (χ1v) is 9.10. The van der Waals surface area contributed by atoms with E-state index in [1.54, 1.807) is 36.5 Å². The standard InChI is InChI=1S/C16H24N4O2S/c1-12(2)16(14-7-6-8-17-9-14)19(5)23(21,22)15-10-20(11-18-15)13(3)4/h6-13,16H,1-5H3/t16-/m1/s1. The number of imidazole rings is 1. The summed E-state index contributed by atoms with van der Waals surface area (Å²) in [6.07, 6.45) is 6.53. The van der Waals surface area contributed by atoms with E-state index in [2.05, 4.69) is 9.97 Å². The van der Waals surface area contributed by atoms with Crippen LogP contribution in [0.15, 0.2) is 42.1 Å². The van der Waals surface area contributed by atoms with Crippen LogP contribution in [0, 0.1) is 5.92 Å². The molecule has 0 bridgehead atoms. The van der Waals surface area contributed by atoms with Gasteiger partial charge in [-0.05, 0) is 31.4 Å². The first kappa shape index (κ1) is 17.6. The van der Waals surface area contributed by atoms with Crippen LogP contribution in [-0.4, -0.2) is 34.3 Å². The number of aromatic nitrogens is 3. The van der Waals surface area contributed by atoms with Gasteiger partial charge in [-0.25, -0.2) is 13.4 Å². The van der Waals surface area contributed by atoms with E-state index in [4.69, 9.17) is 0 Å². The topological polar surface area (TPSA) is 68.1 Å². The van der Waals surface area contributed by atoms with Crippen molar-refractivity contribution in [3.05, 3.63) is 42.6 Å². The van der Waals surface area contributed by atoms with Gasteiger partial charge in [-0.15, -0.1) is 0 Å². The first-order chi connectivity index (χ1) is 10.7. The molecule has 2 heterocycles. The largest absolute Gasteiger partial charge is 0.334 e. The highest BCUT2D eigenvalue weighted by Gasteiger charge is 2.32. The van der Waals surface area contributed by atoms with Crippen molar-refractivity contribution >= 4 is 10.0 Å². The third kappa shape index (κ3) is 3.61. The summed E-state index contributed by atoms with van der Waals surface area (Å²) >= 11 is 0. The summed E-state index contributed by atoms with van der Waals surface area (Å²) < 4.78 is 29.0. The molecule has 0 fully saturated rings. The molecule has 0 radical (unpaired) electrons. The fourth-order valence-electron chi connectivity index (χ4n) is 2.60. The lowest BCUT2D eigenvalue weighted by Gasteiger charge is -2.30. The Balaban J connectivity index is 2.40. The summed E-state index contributed by atoms with van der Waals surface area (Å²) in [4.78, 5) is 8.19. The highest BCUT2D eigenvalue weighted by molar-refractivity contribution is 7.89. The van der Waals surface area contributed by atoms with Gasteiger partial charge in [0, 0.05) is 31.7 Å². The van der Waals surface area contributed by atoms with Gasteiger partial charge in [0.1, 0.15) is 0 Å². The Labute approximate surface area is 138 Å². The number of pyridine rings is 1. The van der Waals surface area contributed by atoms with Gasteiger partial charge in [0.25, 0.3) is 10.0 Å². The third-order valence-electron chi connectivity index (χ3n) is 3.87. The Kier molecular flexibility index (Phi) is 5.21. The zero-order valence-electron chi connectivity index (χ0n) is 14.2. The molecule has 23 heavy (non-hydrogen) atoms. The molecule has 0 unspecified atom stereocenters. The predicted molar refractivity (Wildman–Crippen MR) is 89.4 cm³/mol. The molecule has 0 aliphatic rings. The maximum atomic E-state index is 12.9. The molecule has 7 heteroatoms. The number of hydrogen-bond acceptors (Lipinski definition) is 4. The zero-order valence-corrected chi connectivity index (χ0v) is 15.0. The molecule has 0 saturated heterocycles. The summed E-state index contributed by atoms with van der Waals surface area (Å²) in [7, 11) is -2.07. The second-order valence-corrected chi connectivity index (χ2v) is 8.19. The van der Waals surface area contributed by atoms with Crippen LogP contribution in [0.4, 0.5) is 0 Å². The van der Waals surface area contributed by atoms with E-state index in [1.165, 1.54) is 4.31 Å². The van der Waals surface area contributed by atoms with E-state index >= 15 is 0 Å². The van der Waals surface area contributed by atoms with Gasteiger partial charge in [-0.1, -0.05) is 19.9 Å². The minimum atomic E-state index is -3.67. The number of rotatable bonds is 6. The summed E-state index contributed by atoms with van der Waals surface area (Å²) in [6.45, 7) is 7.95. The summed E-state index contributed by atoms with van der Waals surface area (Å²) in [5.74, 6) is 0.103. The molecule has 2 rings (SSSR count). The molecule has 1 atom stereocenters. The van der Waals surface area contributed by atoms with Crippen molar-refractivity contribution in [2.24, 2.45) is 5.92 Å². The molecule has 0 aliphatic heterocycles. The van der Waals surface area contributed by atoms with Crippen molar-refractivity contribution in [1.29, 1.82) is 0 Å². The second-order valence-electron chi connectivity index (χ2n) is 6.25. The van der Waals surface area contributed by atoms with Crippen LogP contribution in [0.1, 0.15) is 45.3 Å². The Morgan fingerprint density at radius 1 is 1.22 bits per heavy atom.